The Bertz CT molecular complexity index is 481. The molecule has 0 saturated carbocycles. The molecule has 2 aromatic carbocycles. The van der Waals surface area contributed by atoms with Crippen LogP contribution < -0.4 is 0 Å². The van der Waals surface area contributed by atoms with Crippen LogP contribution in [0.4, 0.5) is 0 Å². The Hall–Kier alpha value is -1.64. The molecule has 2 atom stereocenters. The fraction of sp³-hybridized carbons (Fsp3) is 0.333. The van der Waals surface area contributed by atoms with Gasteiger partial charge in [-0.1, -0.05) is 60.7 Å². The van der Waals surface area contributed by atoms with Crippen molar-refractivity contribution in [3.8, 4) is 0 Å². The standard InChI is InChI=1S/C18H22O2/c19-14-17(16-11-5-2-6-12-16)18(20)13-7-10-15-8-3-1-4-9-15/h1-6,8-9,11-12,17-20H,7,10,13-14H2. The van der Waals surface area contributed by atoms with Crippen LogP contribution in [0.3, 0.4) is 0 Å². The number of rotatable bonds is 7. The monoisotopic (exact) mass is 270 g/mol. The van der Waals surface area contributed by atoms with Gasteiger partial charge < -0.3 is 10.2 Å². The number of hydrogen-bond acceptors (Lipinski definition) is 2. The van der Waals surface area contributed by atoms with E-state index in [1.807, 2.05) is 48.5 Å². The fourth-order valence-electron chi connectivity index (χ4n) is 2.51. The second-order valence-corrected chi connectivity index (χ2v) is 5.14. The first-order valence-corrected chi connectivity index (χ1v) is 7.19. The average Bonchev–Trinajstić information content (AvgIpc) is 2.50. The van der Waals surface area contributed by atoms with Crippen LogP contribution in [0.2, 0.25) is 0 Å². The van der Waals surface area contributed by atoms with E-state index in [2.05, 4.69) is 12.1 Å². The van der Waals surface area contributed by atoms with Crippen molar-refractivity contribution in [1.29, 1.82) is 0 Å². The van der Waals surface area contributed by atoms with Gasteiger partial charge in [0.05, 0.1) is 12.7 Å². The van der Waals surface area contributed by atoms with Crippen LogP contribution in [0.15, 0.2) is 60.7 Å². The van der Waals surface area contributed by atoms with Gasteiger partial charge in [-0.2, -0.15) is 0 Å². The summed E-state index contributed by atoms with van der Waals surface area (Å²) < 4.78 is 0. The van der Waals surface area contributed by atoms with Gasteiger partial charge >= 0.3 is 0 Å². The van der Waals surface area contributed by atoms with Crippen LogP contribution in [0, 0.1) is 0 Å². The first kappa shape index (κ1) is 14.8. The predicted molar refractivity (Wildman–Crippen MR) is 81.7 cm³/mol. The van der Waals surface area contributed by atoms with Crippen molar-refractivity contribution in [3.05, 3.63) is 71.8 Å². The van der Waals surface area contributed by atoms with Crippen LogP contribution >= 0.6 is 0 Å². The third-order valence-corrected chi connectivity index (χ3v) is 3.70. The van der Waals surface area contributed by atoms with Crippen molar-refractivity contribution in [2.24, 2.45) is 0 Å². The highest BCUT2D eigenvalue weighted by Crippen LogP contribution is 2.22. The minimum Gasteiger partial charge on any atom is -0.396 e. The summed E-state index contributed by atoms with van der Waals surface area (Å²) in [7, 11) is 0. The number of benzene rings is 2. The summed E-state index contributed by atoms with van der Waals surface area (Å²) in [5.41, 5.74) is 2.29. The van der Waals surface area contributed by atoms with Crippen molar-refractivity contribution in [2.75, 3.05) is 6.61 Å². The van der Waals surface area contributed by atoms with Gasteiger partial charge in [-0.3, -0.25) is 0 Å². The molecular formula is C18H22O2. The lowest BCUT2D eigenvalue weighted by Gasteiger charge is -2.21. The van der Waals surface area contributed by atoms with E-state index in [4.69, 9.17) is 0 Å². The van der Waals surface area contributed by atoms with E-state index in [1.54, 1.807) is 0 Å². The quantitative estimate of drug-likeness (QED) is 0.811. The summed E-state index contributed by atoms with van der Waals surface area (Å²) in [6.07, 6.45) is 2.10. The Morgan fingerprint density at radius 1 is 0.850 bits per heavy atom. The van der Waals surface area contributed by atoms with Crippen LogP contribution in [0.5, 0.6) is 0 Å². The summed E-state index contributed by atoms with van der Waals surface area (Å²) in [5, 5.41) is 19.8. The van der Waals surface area contributed by atoms with Crippen LogP contribution in [-0.4, -0.2) is 22.9 Å². The minimum atomic E-state index is -0.494. The maximum atomic E-state index is 10.3. The normalized spacial score (nSPS) is 13.9. The number of hydrogen-bond donors (Lipinski definition) is 2. The molecule has 0 aromatic heterocycles. The van der Waals surface area contributed by atoms with Crippen LogP contribution in [0.1, 0.15) is 29.9 Å². The van der Waals surface area contributed by atoms with Crippen molar-refractivity contribution in [2.45, 2.75) is 31.3 Å². The average molecular weight is 270 g/mol. The molecule has 2 N–H and O–H groups in total. The summed E-state index contributed by atoms with van der Waals surface area (Å²) in [5.74, 6) is -0.188. The molecule has 2 nitrogen and oxygen atoms in total. The van der Waals surface area contributed by atoms with Gasteiger partial charge in [-0.05, 0) is 30.4 Å². The lowest BCUT2D eigenvalue weighted by atomic mass is 9.91. The second kappa shape index (κ2) is 7.83. The highest BCUT2D eigenvalue weighted by Gasteiger charge is 2.19. The summed E-state index contributed by atoms with van der Waals surface area (Å²) in [4.78, 5) is 0. The molecule has 0 aliphatic heterocycles. The molecular weight excluding hydrogens is 248 g/mol. The van der Waals surface area contributed by atoms with Gasteiger partial charge in [0.25, 0.3) is 0 Å². The van der Waals surface area contributed by atoms with Gasteiger partial charge in [0.2, 0.25) is 0 Å². The number of aryl methyl sites for hydroxylation is 1. The molecule has 0 spiro atoms. The Balaban J connectivity index is 1.85. The second-order valence-electron chi connectivity index (χ2n) is 5.14. The van der Waals surface area contributed by atoms with E-state index in [-0.39, 0.29) is 12.5 Å². The smallest absolute Gasteiger partial charge is 0.0630 e. The van der Waals surface area contributed by atoms with Gasteiger partial charge in [0, 0.05) is 5.92 Å². The highest BCUT2D eigenvalue weighted by atomic mass is 16.3. The van der Waals surface area contributed by atoms with E-state index < -0.39 is 6.10 Å². The lowest BCUT2D eigenvalue weighted by molar-refractivity contribution is 0.0973. The van der Waals surface area contributed by atoms with Crippen LogP contribution in [-0.2, 0) is 6.42 Å². The van der Waals surface area contributed by atoms with Crippen molar-refractivity contribution in [3.63, 3.8) is 0 Å². The molecule has 0 saturated heterocycles. The van der Waals surface area contributed by atoms with E-state index in [0.717, 1.165) is 18.4 Å². The molecule has 0 fully saturated rings. The van der Waals surface area contributed by atoms with E-state index in [9.17, 15) is 10.2 Å². The van der Waals surface area contributed by atoms with Gasteiger partial charge in [-0.25, -0.2) is 0 Å². The SMILES string of the molecule is OCC(c1ccccc1)C(O)CCCc1ccccc1. The first-order valence-electron chi connectivity index (χ1n) is 7.19. The molecule has 0 heterocycles. The first-order chi connectivity index (χ1) is 9.81. The molecule has 2 heteroatoms. The van der Waals surface area contributed by atoms with Gasteiger partial charge in [0.1, 0.15) is 0 Å². The van der Waals surface area contributed by atoms with Gasteiger partial charge in [-0.15, -0.1) is 0 Å². The predicted octanol–water partition coefficient (Wildman–Crippen LogP) is 3.15. The maximum absolute atomic E-state index is 10.3. The van der Waals surface area contributed by atoms with E-state index in [0.29, 0.717) is 6.42 Å². The van der Waals surface area contributed by atoms with E-state index in [1.165, 1.54) is 5.56 Å². The Morgan fingerprint density at radius 2 is 1.45 bits per heavy atom. The summed E-state index contributed by atoms with van der Waals surface area (Å²) in [6, 6.07) is 20.0. The molecule has 0 radical (unpaired) electrons. The largest absolute Gasteiger partial charge is 0.396 e. The molecule has 2 aromatic rings. The topological polar surface area (TPSA) is 40.5 Å². The molecule has 2 unspecified atom stereocenters. The van der Waals surface area contributed by atoms with Crippen molar-refractivity contribution < 1.29 is 10.2 Å². The molecule has 0 bridgehead atoms. The van der Waals surface area contributed by atoms with E-state index >= 15 is 0 Å². The molecule has 0 aliphatic carbocycles. The fourth-order valence-corrected chi connectivity index (χ4v) is 2.51. The molecule has 106 valence electrons. The zero-order valence-electron chi connectivity index (χ0n) is 11.7. The summed E-state index contributed by atoms with van der Waals surface area (Å²) in [6.45, 7) is -0.0173. The highest BCUT2D eigenvalue weighted by molar-refractivity contribution is 5.21. The Kier molecular flexibility index (Phi) is 5.78. The maximum Gasteiger partial charge on any atom is 0.0630 e. The zero-order valence-corrected chi connectivity index (χ0v) is 11.7. The third-order valence-electron chi connectivity index (χ3n) is 3.70. The minimum absolute atomic E-state index is 0.0173. The Morgan fingerprint density at radius 3 is 2.05 bits per heavy atom. The molecule has 0 aliphatic rings. The Labute approximate surface area is 120 Å². The van der Waals surface area contributed by atoms with Gasteiger partial charge in [0.15, 0.2) is 0 Å². The van der Waals surface area contributed by atoms with Crippen LogP contribution in [0.25, 0.3) is 0 Å². The molecule has 0 amide bonds. The number of aliphatic hydroxyl groups is 2. The summed E-state index contributed by atoms with van der Waals surface area (Å²) >= 11 is 0. The third kappa shape index (κ3) is 4.19. The molecule has 20 heavy (non-hydrogen) atoms. The van der Waals surface area contributed by atoms with Crippen molar-refractivity contribution in [1.82, 2.24) is 0 Å². The lowest BCUT2D eigenvalue weighted by Crippen LogP contribution is -2.22. The van der Waals surface area contributed by atoms with Crippen molar-refractivity contribution >= 4 is 0 Å². The number of aliphatic hydroxyl groups excluding tert-OH is 2. The molecule has 2 rings (SSSR count). The zero-order chi connectivity index (χ0) is 14.2.